The highest BCUT2D eigenvalue weighted by Crippen LogP contribution is 2.39. The fourth-order valence-corrected chi connectivity index (χ4v) is 6.17. The van der Waals surface area contributed by atoms with Crippen LogP contribution in [0.4, 0.5) is 0 Å². The van der Waals surface area contributed by atoms with Crippen molar-refractivity contribution < 1.29 is 43.8 Å². The van der Waals surface area contributed by atoms with Crippen molar-refractivity contribution in [2.75, 3.05) is 0 Å². The lowest BCUT2D eigenvalue weighted by molar-refractivity contribution is -0.155. The summed E-state index contributed by atoms with van der Waals surface area (Å²) in [6.07, 6.45) is 0.740. The Morgan fingerprint density at radius 1 is 0.577 bits per heavy atom. The Labute approximate surface area is 151 Å². The van der Waals surface area contributed by atoms with Gasteiger partial charge in [-0.2, -0.15) is 0 Å². The van der Waals surface area contributed by atoms with E-state index in [9.17, 15) is 33.6 Å². The van der Waals surface area contributed by atoms with Crippen LogP contribution < -0.4 is 0 Å². The van der Waals surface area contributed by atoms with Gasteiger partial charge in [-0.05, 0) is 38.5 Å². The quantitative estimate of drug-likeness (QED) is 0.509. The third-order valence-corrected chi connectivity index (χ3v) is 7.70. The molecule has 10 heteroatoms. The lowest BCUT2D eigenvalue weighted by Gasteiger charge is -2.36. The van der Waals surface area contributed by atoms with E-state index >= 15 is 0 Å². The van der Waals surface area contributed by atoms with Crippen LogP contribution in [-0.4, -0.2) is 59.0 Å². The maximum Gasteiger partial charge on any atom is 0.307 e. The molecule has 2 saturated carbocycles. The Hall–Kier alpha value is -1.97. The monoisotopic (exact) mass is 390 g/mol. The van der Waals surface area contributed by atoms with E-state index in [1.54, 1.807) is 0 Å². The van der Waals surface area contributed by atoms with Gasteiger partial charge in [0.2, 0.25) is 0 Å². The number of carboxylic acids is 4. The number of aliphatic carboxylic acids is 4. The highest BCUT2D eigenvalue weighted by molar-refractivity contribution is 7.86. The predicted molar refractivity (Wildman–Crippen MR) is 87.9 cm³/mol. The SMILES string of the molecule is O=C(O)C1CCC(S(=O)C2CCC(C(=O)O)C(C(=O)O)C2)CC1C(=O)O. The van der Waals surface area contributed by atoms with Gasteiger partial charge < -0.3 is 20.4 Å². The van der Waals surface area contributed by atoms with Crippen LogP contribution in [0.3, 0.4) is 0 Å². The smallest absolute Gasteiger partial charge is 0.307 e. The van der Waals surface area contributed by atoms with E-state index in [1.165, 1.54) is 0 Å². The van der Waals surface area contributed by atoms with E-state index in [-0.39, 0.29) is 25.7 Å². The molecule has 0 saturated heterocycles. The second-order valence-corrected chi connectivity index (χ2v) is 8.97. The fourth-order valence-electron chi connectivity index (χ4n) is 4.10. The van der Waals surface area contributed by atoms with Crippen molar-refractivity contribution in [3.8, 4) is 0 Å². The molecule has 26 heavy (non-hydrogen) atoms. The average Bonchev–Trinajstić information content (AvgIpc) is 2.59. The van der Waals surface area contributed by atoms with Crippen molar-refractivity contribution in [1.29, 1.82) is 0 Å². The molecular weight excluding hydrogens is 368 g/mol. The van der Waals surface area contributed by atoms with Gasteiger partial charge in [0.25, 0.3) is 0 Å². The molecule has 0 aliphatic heterocycles. The Morgan fingerprint density at radius 2 is 0.885 bits per heavy atom. The van der Waals surface area contributed by atoms with Gasteiger partial charge in [-0.15, -0.1) is 0 Å². The molecule has 2 rings (SSSR count). The molecule has 0 heterocycles. The number of carbonyl (C=O) groups is 4. The number of hydrogen-bond acceptors (Lipinski definition) is 5. The van der Waals surface area contributed by atoms with Crippen LogP contribution in [0.1, 0.15) is 38.5 Å². The minimum absolute atomic E-state index is 0.0322. The fraction of sp³-hybridized carbons (Fsp3) is 0.750. The molecule has 2 aliphatic rings. The second-order valence-electron chi connectivity index (χ2n) is 6.98. The lowest BCUT2D eigenvalue weighted by Crippen LogP contribution is -2.44. The van der Waals surface area contributed by atoms with Gasteiger partial charge >= 0.3 is 23.9 Å². The van der Waals surface area contributed by atoms with Gasteiger partial charge in [0.15, 0.2) is 0 Å². The van der Waals surface area contributed by atoms with E-state index in [4.69, 9.17) is 10.2 Å². The summed E-state index contributed by atoms with van der Waals surface area (Å²) < 4.78 is 12.9. The van der Waals surface area contributed by atoms with Crippen molar-refractivity contribution in [2.45, 2.75) is 49.0 Å². The van der Waals surface area contributed by atoms with Crippen LogP contribution in [0.2, 0.25) is 0 Å². The zero-order chi connectivity index (χ0) is 19.6. The zero-order valence-corrected chi connectivity index (χ0v) is 14.8. The first-order chi connectivity index (χ1) is 12.1. The summed E-state index contributed by atoms with van der Waals surface area (Å²) in [5, 5.41) is 35.8. The molecule has 0 bridgehead atoms. The first kappa shape index (κ1) is 20.3. The van der Waals surface area contributed by atoms with Gasteiger partial charge in [0.1, 0.15) is 0 Å². The molecule has 2 fully saturated rings. The average molecular weight is 390 g/mol. The van der Waals surface area contributed by atoms with Crippen LogP contribution in [-0.2, 0) is 30.0 Å². The predicted octanol–water partition coefficient (Wildman–Crippen LogP) is 0.643. The highest BCUT2D eigenvalue weighted by atomic mass is 32.2. The second kappa shape index (κ2) is 8.15. The molecule has 6 unspecified atom stereocenters. The zero-order valence-electron chi connectivity index (χ0n) is 13.9. The first-order valence-electron chi connectivity index (χ1n) is 8.44. The van der Waals surface area contributed by atoms with E-state index in [2.05, 4.69) is 0 Å². The third kappa shape index (κ3) is 4.22. The molecule has 146 valence electrons. The van der Waals surface area contributed by atoms with Crippen molar-refractivity contribution in [3.05, 3.63) is 0 Å². The van der Waals surface area contributed by atoms with Gasteiger partial charge in [-0.1, -0.05) is 0 Å². The van der Waals surface area contributed by atoms with Crippen LogP contribution in [0.15, 0.2) is 0 Å². The Bertz CT molecular complexity index is 579. The summed E-state index contributed by atoms with van der Waals surface area (Å²) in [6.45, 7) is 0. The summed E-state index contributed by atoms with van der Waals surface area (Å²) in [6, 6.07) is 0. The van der Waals surface area contributed by atoms with E-state index in [0.717, 1.165) is 0 Å². The minimum Gasteiger partial charge on any atom is -0.481 e. The van der Waals surface area contributed by atoms with E-state index < -0.39 is 68.8 Å². The molecule has 0 aromatic rings. The maximum atomic E-state index is 12.9. The van der Waals surface area contributed by atoms with Gasteiger partial charge in [0.05, 0.1) is 23.7 Å². The number of carboxylic acid groups (broad SMARTS) is 4. The largest absolute Gasteiger partial charge is 0.481 e. The molecule has 2 aliphatic carbocycles. The van der Waals surface area contributed by atoms with Crippen LogP contribution in [0, 0.1) is 23.7 Å². The molecule has 0 aromatic carbocycles. The molecule has 0 amide bonds. The number of rotatable bonds is 6. The number of hydrogen-bond donors (Lipinski definition) is 4. The summed E-state index contributed by atoms with van der Waals surface area (Å²) in [5.74, 6) is -9.13. The summed E-state index contributed by atoms with van der Waals surface area (Å²) in [4.78, 5) is 45.1. The van der Waals surface area contributed by atoms with Crippen molar-refractivity contribution in [3.63, 3.8) is 0 Å². The van der Waals surface area contributed by atoms with Crippen LogP contribution in [0.25, 0.3) is 0 Å². The summed E-state index contributed by atoms with van der Waals surface area (Å²) in [7, 11) is -1.54. The normalized spacial score (nSPS) is 36.0. The maximum absolute atomic E-state index is 12.9. The molecular formula is C16H22O9S. The molecule has 0 radical (unpaired) electrons. The topological polar surface area (TPSA) is 166 Å². The summed E-state index contributed by atoms with van der Waals surface area (Å²) >= 11 is 0. The lowest BCUT2D eigenvalue weighted by atomic mass is 9.78. The van der Waals surface area contributed by atoms with Crippen molar-refractivity contribution >= 4 is 34.7 Å². The molecule has 0 aromatic heterocycles. The third-order valence-electron chi connectivity index (χ3n) is 5.53. The molecule has 6 atom stereocenters. The van der Waals surface area contributed by atoms with E-state index in [0.29, 0.717) is 12.8 Å². The molecule has 4 N–H and O–H groups in total. The van der Waals surface area contributed by atoms with Gasteiger partial charge in [-0.3, -0.25) is 23.4 Å². The Kier molecular flexibility index (Phi) is 6.38. The highest BCUT2D eigenvalue weighted by Gasteiger charge is 2.45. The molecule has 0 spiro atoms. The minimum atomic E-state index is -1.54. The Balaban J connectivity index is 2.09. The van der Waals surface area contributed by atoms with E-state index in [1.807, 2.05) is 0 Å². The Morgan fingerprint density at radius 3 is 1.15 bits per heavy atom. The van der Waals surface area contributed by atoms with Crippen LogP contribution >= 0.6 is 0 Å². The van der Waals surface area contributed by atoms with Gasteiger partial charge in [-0.25, -0.2) is 0 Å². The summed E-state index contributed by atoms with van der Waals surface area (Å²) in [5.41, 5.74) is 0. The first-order valence-corrected chi connectivity index (χ1v) is 9.71. The van der Waals surface area contributed by atoms with Crippen molar-refractivity contribution in [2.24, 2.45) is 23.7 Å². The molecule has 9 nitrogen and oxygen atoms in total. The standard InChI is InChI=1S/C16H22O9S/c17-13(18)9-3-1-7(5-11(9)15(21)22)26(25)8-2-4-10(14(19)20)12(6-8)16(23)24/h7-12H,1-6H2,(H,17,18)(H,19,20)(H,21,22)(H,23,24). The van der Waals surface area contributed by atoms with Crippen LogP contribution in [0.5, 0.6) is 0 Å². The van der Waals surface area contributed by atoms with Crippen molar-refractivity contribution in [1.82, 2.24) is 0 Å². The van der Waals surface area contributed by atoms with Gasteiger partial charge in [0, 0.05) is 21.3 Å².